The van der Waals surface area contributed by atoms with Gasteiger partial charge in [0, 0.05) is 28.6 Å². The van der Waals surface area contributed by atoms with Gasteiger partial charge in [-0.2, -0.15) is 0 Å². The number of rotatable bonds is 4. The highest BCUT2D eigenvalue weighted by molar-refractivity contribution is 7.16. The van der Waals surface area contributed by atoms with Gasteiger partial charge >= 0.3 is 5.97 Å². The lowest BCUT2D eigenvalue weighted by Crippen LogP contribution is -2.22. The third-order valence-electron chi connectivity index (χ3n) is 5.44. The fourth-order valence-corrected chi connectivity index (χ4v) is 5.50. The van der Waals surface area contributed by atoms with Crippen molar-refractivity contribution in [1.82, 2.24) is 10.3 Å². The molecule has 1 aliphatic rings. The first-order valence-electron chi connectivity index (χ1n) is 9.31. The molecule has 5 heteroatoms. The Morgan fingerprint density at radius 3 is 2.85 bits per heavy atom. The Labute approximate surface area is 163 Å². The van der Waals surface area contributed by atoms with Crippen molar-refractivity contribution in [2.45, 2.75) is 39.7 Å². The van der Waals surface area contributed by atoms with Crippen molar-refractivity contribution >= 4 is 28.2 Å². The van der Waals surface area contributed by atoms with E-state index in [0.29, 0.717) is 12.1 Å². The van der Waals surface area contributed by atoms with Crippen LogP contribution in [-0.2, 0) is 19.4 Å². The molecule has 0 saturated carbocycles. The third-order valence-corrected chi connectivity index (χ3v) is 6.75. The van der Waals surface area contributed by atoms with Gasteiger partial charge in [0.1, 0.15) is 0 Å². The maximum absolute atomic E-state index is 12.3. The molecule has 4 nitrogen and oxygen atoms in total. The molecule has 0 saturated heterocycles. The number of carboxylic acids is 1. The van der Waals surface area contributed by atoms with Crippen LogP contribution in [-0.4, -0.2) is 23.1 Å². The van der Waals surface area contributed by atoms with E-state index in [1.165, 1.54) is 4.88 Å². The van der Waals surface area contributed by atoms with E-state index < -0.39 is 5.97 Å². The van der Waals surface area contributed by atoms with E-state index in [2.05, 4.69) is 24.1 Å². The maximum atomic E-state index is 12.3. The van der Waals surface area contributed by atoms with E-state index in [1.807, 2.05) is 37.5 Å². The number of aryl methyl sites for hydroxylation is 1. The highest BCUT2D eigenvalue weighted by atomic mass is 32.1. The van der Waals surface area contributed by atoms with Gasteiger partial charge < -0.3 is 10.4 Å². The topological polar surface area (TPSA) is 62.2 Å². The van der Waals surface area contributed by atoms with Gasteiger partial charge in [0.15, 0.2) is 0 Å². The van der Waals surface area contributed by atoms with Gasteiger partial charge in [0.05, 0.1) is 16.0 Å². The summed E-state index contributed by atoms with van der Waals surface area (Å²) in [6.45, 7) is 5.11. The average molecular weight is 381 g/mol. The van der Waals surface area contributed by atoms with Crippen LogP contribution in [0.15, 0.2) is 30.5 Å². The lowest BCUT2D eigenvalue weighted by molar-refractivity contribution is 0.0696. The normalized spacial score (nSPS) is 15.7. The van der Waals surface area contributed by atoms with Crippen LogP contribution in [0.3, 0.4) is 0 Å². The van der Waals surface area contributed by atoms with Crippen LogP contribution in [0.1, 0.15) is 46.6 Å². The van der Waals surface area contributed by atoms with Gasteiger partial charge in [0.2, 0.25) is 0 Å². The number of nitrogens with one attached hydrogen (secondary N) is 1. The molecule has 140 valence electrons. The van der Waals surface area contributed by atoms with Crippen LogP contribution >= 0.6 is 11.3 Å². The minimum atomic E-state index is -0.823. The van der Waals surface area contributed by atoms with Gasteiger partial charge in [-0.1, -0.05) is 32.0 Å². The van der Waals surface area contributed by atoms with E-state index >= 15 is 0 Å². The van der Waals surface area contributed by atoms with Crippen molar-refractivity contribution in [2.75, 3.05) is 7.05 Å². The Morgan fingerprint density at radius 1 is 1.33 bits per heavy atom. The summed E-state index contributed by atoms with van der Waals surface area (Å²) in [5.41, 5.74) is 4.63. The Morgan fingerprint density at radius 2 is 2.11 bits per heavy atom. The Kier molecular flexibility index (Phi) is 4.52. The van der Waals surface area contributed by atoms with Gasteiger partial charge in [-0.3, -0.25) is 4.98 Å². The molecule has 4 rings (SSSR count). The van der Waals surface area contributed by atoms with Gasteiger partial charge in [0.25, 0.3) is 0 Å². The number of fused-ring (bicyclic) bond motifs is 2. The number of carbonyl (C=O) groups is 1. The molecule has 0 radical (unpaired) electrons. The summed E-state index contributed by atoms with van der Waals surface area (Å²) in [7, 11) is 1.90. The summed E-state index contributed by atoms with van der Waals surface area (Å²) in [5, 5.41) is 14.3. The van der Waals surface area contributed by atoms with Crippen molar-refractivity contribution in [2.24, 2.45) is 5.41 Å². The van der Waals surface area contributed by atoms with Crippen molar-refractivity contribution in [3.8, 4) is 10.4 Å². The van der Waals surface area contributed by atoms with Crippen molar-refractivity contribution < 1.29 is 9.90 Å². The zero-order chi connectivity index (χ0) is 19.2. The zero-order valence-electron chi connectivity index (χ0n) is 15.9. The summed E-state index contributed by atoms with van der Waals surface area (Å²) in [4.78, 5) is 19.0. The van der Waals surface area contributed by atoms with E-state index in [1.54, 1.807) is 11.3 Å². The van der Waals surface area contributed by atoms with Crippen LogP contribution in [0.2, 0.25) is 0 Å². The Hall–Kier alpha value is -2.24. The van der Waals surface area contributed by atoms with E-state index in [4.69, 9.17) is 0 Å². The average Bonchev–Trinajstić information content (AvgIpc) is 2.98. The first-order valence-corrected chi connectivity index (χ1v) is 10.1. The van der Waals surface area contributed by atoms with Crippen molar-refractivity contribution in [3.63, 3.8) is 0 Å². The van der Waals surface area contributed by atoms with Crippen LogP contribution in [0.5, 0.6) is 0 Å². The van der Waals surface area contributed by atoms with E-state index in [-0.39, 0.29) is 5.41 Å². The first kappa shape index (κ1) is 18.1. The number of benzene rings is 1. The molecule has 0 spiro atoms. The lowest BCUT2D eigenvalue weighted by Gasteiger charge is -2.29. The number of pyridine rings is 1. The molecule has 0 fully saturated rings. The number of aromatic nitrogens is 1. The van der Waals surface area contributed by atoms with E-state index in [0.717, 1.165) is 51.7 Å². The van der Waals surface area contributed by atoms with E-state index in [9.17, 15) is 9.90 Å². The molecular formula is C22H24N2O2S. The monoisotopic (exact) mass is 380 g/mol. The zero-order valence-corrected chi connectivity index (χ0v) is 16.7. The van der Waals surface area contributed by atoms with Gasteiger partial charge in [-0.15, -0.1) is 11.3 Å². The lowest BCUT2D eigenvalue weighted by atomic mass is 9.75. The second-order valence-electron chi connectivity index (χ2n) is 8.06. The third kappa shape index (κ3) is 3.15. The quantitative estimate of drug-likeness (QED) is 0.676. The molecule has 0 unspecified atom stereocenters. The summed E-state index contributed by atoms with van der Waals surface area (Å²) in [5.74, 6) is -0.823. The number of thiophene rings is 1. The fourth-order valence-electron chi connectivity index (χ4n) is 4.10. The Bertz CT molecular complexity index is 1040. The highest BCUT2D eigenvalue weighted by Gasteiger charge is 2.33. The second-order valence-corrected chi connectivity index (χ2v) is 9.17. The van der Waals surface area contributed by atoms with Crippen LogP contribution in [0, 0.1) is 5.41 Å². The molecule has 1 aliphatic carbocycles. The maximum Gasteiger partial charge on any atom is 0.337 e. The van der Waals surface area contributed by atoms with Crippen molar-refractivity contribution in [1.29, 1.82) is 0 Å². The highest BCUT2D eigenvalue weighted by Crippen LogP contribution is 2.47. The van der Waals surface area contributed by atoms with Crippen LogP contribution in [0.4, 0.5) is 0 Å². The molecule has 2 aromatic heterocycles. The van der Waals surface area contributed by atoms with Gasteiger partial charge in [-0.25, -0.2) is 4.79 Å². The largest absolute Gasteiger partial charge is 0.478 e. The molecule has 2 heterocycles. The fraction of sp³-hybridized carbons (Fsp3) is 0.364. The number of hydrogen-bond acceptors (Lipinski definition) is 4. The summed E-state index contributed by atoms with van der Waals surface area (Å²) < 4.78 is 0. The molecule has 27 heavy (non-hydrogen) atoms. The summed E-state index contributed by atoms with van der Waals surface area (Å²) >= 11 is 1.66. The van der Waals surface area contributed by atoms with Crippen LogP contribution < -0.4 is 5.32 Å². The smallest absolute Gasteiger partial charge is 0.337 e. The Balaban J connectivity index is 2.03. The molecular weight excluding hydrogens is 356 g/mol. The number of carboxylic acid groups (broad SMARTS) is 1. The van der Waals surface area contributed by atoms with Gasteiger partial charge in [-0.05, 0) is 48.9 Å². The predicted molar refractivity (Wildman–Crippen MR) is 111 cm³/mol. The summed E-state index contributed by atoms with van der Waals surface area (Å²) in [6, 6.07) is 7.99. The minimum Gasteiger partial charge on any atom is -0.478 e. The van der Waals surface area contributed by atoms with Crippen molar-refractivity contribution in [3.05, 3.63) is 52.0 Å². The minimum absolute atomic E-state index is 0.143. The molecule has 3 aromatic rings. The number of para-hydroxylation sites is 1. The molecule has 0 atom stereocenters. The standard InChI is InChI=1S/C22H24N2O2S/c1-22(2)9-8-17-15(10-22)19(21(25)26)20(27-17)18-13(11-23-3)12-24-16-7-5-4-6-14(16)18/h4-7,12,23H,8-11H2,1-3H3,(H,25,26). The molecule has 2 N–H and O–H groups in total. The molecule has 0 aliphatic heterocycles. The first-order chi connectivity index (χ1) is 12.9. The predicted octanol–water partition coefficient (Wildman–Crippen LogP) is 4.90. The second kappa shape index (κ2) is 6.73. The summed E-state index contributed by atoms with van der Waals surface area (Å²) in [6.07, 6.45) is 4.75. The number of nitrogens with zero attached hydrogens (tertiary/aromatic N) is 1. The molecule has 1 aromatic carbocycles. The molecule has 0 bridgehead atoms. The number of hydrogen-bond donors (Lipinski definition) is 2. The number of aromatic carboxylic acids is 1. The molecule has 0 amide bonds. The SMILES string of the molecule is CNCc1cnc2ccccc2c1-c1sc2c(c1C(=O)O)CC(C)(C)CC2. The van der Waals surface area contributed by atoms with Crippen LogP contribution in [0.25, 0.3) is 21.3 Å².